The minimum Gasteiger partial charge on any atom is -0.368 e. The molecule has 1 aliphatic heterocycles. The molecule has 0 unspecified atom stereocenters. The molecule has 5 rings (SSSR count). The van der Waals surface area contributed by atoms with Gasteiger partial charge < -0.3 is 14.3 Å². The van der Waals surface area contributed by atoms with Gasteiger partial charge in [-0.15, -0.1) is 0 Å². The van der Waals surface area contributed by atoms with Crippen LogP contribution in [0.2, 0.25) is 0 Å². The third-order valence-corrected chi connectivity index (χ3v) is 6.84. The SMILES string of the molecule is Cc1c(C(F)(F)F)noc(=Nc2nc3ccccc3s2)c1N1CCN(c2ccc([N+](=O)[O-])cc2)CC1. The highest BCUT2D eigenvalue weighted by Crippen LogP contribution is 2.34. The van der Waals surface area contributed by atoms with Crippen molar-refractivity contribution in [1.82, 2.24) is 10.1 Å². The van der Waals surface area contributed by atoms with E-state index in [4.69, 9.17) is 4.52 Å². The maximum Gasteiger partial charge on any atom is 0.437 e. The van der Waals surface area contributed by atoms with Crippen LogP contribution in [-0.2, 0) is 6.18 Å². The topological polar surface area (TPSA) is 101 Å². The second-order valence-electron chi connectivity index (χ2n) is 8.13. The standard InChI is InChI=1S/C23H19F3N6O3S/c1-14-19(31-12-10-30(11-13-31)15-6-8-16(9-7-15)32(33)34)21(35-29-20(14)23(24,25)26)28-22-27-17-4-2-3-5-18(17)36-22/h2-9H,10-13H2,1H3. The summed E-state index contributed by atoms with van der Waals surface area (Å²) in [4.78, 5) is 23.1. The van der Waals surface area contributed by atoms with Crippen LogP contribution in [0.15, 0.2) is 58.0 Å². The smallest absolute Gasteiger partial charge is 0.368 e. The summed E-state index contributed by atoms with van der Waals surface area (Å²) in [5.74, 6) is 0. The number of hydrogen-bond acceptors (Lipinski definition) is 9. The molecule has 0 amide bonds. The van der Waals surface area contributed by atoms with Crippen molar-refractivity contribution in [3.05, 3.63) is 75.5 Å². The number of fused-ring (bicyclic) bond motifs is 1. The summed E-state index contributed by atoms with van der Waals surface area (Å²) >= 11 is 1.30. The number of thiazole rings is 1. The van der Waals surface area contributed by atoms with Gasteiger partial charge in [-0.2, -0.15) is 18.2 Å². The molecule has 9 nitrogen and oxygen atoms in total. The van der Waals surface area contributed by atoms with Crippen molar-refractivity contribution < 1.29 is 22.6 Å². The van der Waals surface area contributed by atoms with E-state index in [1.54, 1.807) is 17.0 Å². The van der Waals surface area contributed by atoms with E-state index in [-0.39, 0.29) is 22.5 Å². The molecule has 1 aliphatic rings. The Kier molecular flexibility index (Phi) is 6.08. The van der Waals surface area contributed by atoms with Crippen LogP contribution in [0.5, 0.6) is 0 Å². The molecule has 3 heterocycles. The number of piperazine rings is 1. The molecule has 2 aromatic heterocycles. The third kappa shape index (κ3) is 4.61. The number of nitro benzene ring substituents is 1. The first-order valence-corrected chi connectivity index (χ1v) is 11.7. The number of halogens is 3. The van der Waals surface area contributed by atoms with E-state index in [1.807, 2.05) is 29.2 Å². The van der Waals surface area contributed by atoms with Crippen LogP contribution < -0.4 is 15.4 Å². The highest BCUT2D eigenvalue weighted by molar-refractivity contribution is 7.21. The molecule has 0 spiro atoms. The van der Waals surface area contributed by atoms with Crippen molar-refractivity contribution in [2.45, 2.75) is 13.1 Å². The van der Waals surface area contributed by atoms with Crippen molar-refractivity contribution in [1.29, 1.82) is 0 Å². The van der Waals surface area contributed by atoms with Crippen molar-refractivity contribution in [2.75, 3.05) is 36.0 Å². The molecule has 4 aromatic rings. The minimum atomic E-state index is -4.68. The zero-order chi connectivity index (χ0) is 25.4. The Bertz CT molecular complexity index is 1460. The molecular weight excluding hydrogens is 497 g/mol. The lowest BCUT2D eigenvalue weighted by Gasteiger charge is -2.37. The predicted octanol–water partition coefficient (Wildman–Crippen LogP) is 5.08. The maximum absolute atomic E-state index is 13.6. The average molecular weight is 517 g/mol. The van der Waals surface area contributed by atoms with E-state index in [0.29, 0.717) is 31.3 Å². The van der Waals surface area contributed by atoms with Crippen LogP contribution in [0.3, 0.4) is 0 Å². The van der Waals surface area contributed by atoms with E-state index in [0.717, 1.165) is 15.9 Å². The molecule has 1 saturated heterocycles. The lowest BCUT2D eigenvalue weighted by Crippen LogP contribution is -2.48. The van der Waals surface area contributed by atoms with Crippen molar-refractivity contribution in [3.63, 3.8) is 0 Å². The quantitative estimate of drug-likeness (QED) is 0.275. The van der Waals surface area contributed by atoms with Gasteiger partial charge in [-0.3, -0.25) is 10.1 Å². The van der Waals surface area contributed by atoms with E-state index in [9.17, 15) is 23.3 Å². The maximum atomic E-state index is 13.6. The summed E-state index contributed by atoms with van der Waals surface area (Å²) in [6, 6.07) is 13.6. The van der Waals surface area contributed by atoms with Crippen LogP contribution in [0, 0.1) is 17.0 Å². The summed E-state index contributed by atoms with van der Waals surface area (Å²) in [5, 5.41) is 14.6. The Labute approximate surface area is 206 Å². The van der Waals surface area contributed by atoms with Gasteiger partial charge in [-0.05, 0) is 31.2 Å². The summed E-state index contributed by atoms with van der Waals surface area (Å²) in [7, 11) is 0. The molecule has 0 bridgehead atoms. The predicted molar refractivity (Wildman–Crippen MR) is 129 cm³/mol. The second kappa shape index (κ2) is 9.22. The normalized spacial score (nSPS) is 15.1. The molecule has 0 radical (unpaired) electrons. The van der Waals surface area contributed by atoms with E-state index in [2.05, 4.69) is 15.1 Å². The van der Waals surface area contributed by atoms with Gasteiger partial charge >= 0.3 is 6.18 Å². The molecule has 0 atom stereocenters. The van der Waals surface area contributed by atoms with E-state index in [1.165, 1.54) is 30.4 Å². The van der Waals surface area contributed by atoms with Crippen LogP contribution >= 0.6 is 11.3 Å². The first-order chi connectivity index (χ1) is 17.2. The van der Waals surface area contributed by atoms with E-state index < -0.39 is 16.8 Å². The van der Waals surface area contributed by atoms with Gasteiger partial charge in [0.1, 0.15) is 5.69 Å². The summed E-state index contributed by atoms with van der Waals surface area (Å²) in [6.07, 6.45) is -4.68. The van der Waals surface area contributed by atoms with Gasteiger partial charge in [-0.25, -0.2) is 4.98 Å². The minimum absolute atomic E-state index is 0.00723. The fourth-order valence-electron chi connectivity index (χ4n) is 4.15. The van der Waals surface area contributed by atoms with Gasteiger partial charge in [0, 0.05) is 49.6 Å². The Balaban J connectivity index is 1.49. The number of anilines is 2. The van der Waals surface area contributed by atoms with E-state index >= 15 is 0 Å². The number of nitro groups is 1. The van der Waals surface area contributed by atoms with Gasteiger partial charge in [0.25, 0.3) is 11.2 Å². The average Bonchev–Trinajstić information content (AvgIpc) is 3.26. The largest absolute Gasteiger partial charge is 0.437 e. The number of nitrogens with zero attached hydrogens (tertiary/aromatic N) is 6. The molecule has 0 aliphatic carbocycles. The molecule has 0 saturated carbocycles. The van der Waals surface area contributed by atoms with Crippen LogP contribution in [0.25, 0.3) is 10.2 Å². The number of hydrogen-bond donors (Lipinski definition) is 0. The molecular formula is C23H19F3N6O3S. The number of non-ortho nitro benzene ring substituents is 1. The van der Waals surface area contributed by atoms with Crippen LogP contribution in [0.1, 0.15) is 11.3 Å². The molecule has 1 fully saturated rings. The summed E-state index contributed by atoms with van der Waals surface area (Å²) < 4.78 is 47.0. The van der Waals surface area contributed by atoms with Crippen molar-refractivity contribution in [3.8, 4) is 0 Å². The van der Waals surface area contributed by atoms with Crippen LogP contribution in [-0.4, -0.2) is 41.2 Å². The molecule has 0 N–H and O–H groups in total. The number of alkyl halides is 3. The Hall–Kier alpha value is -4.00. The summed E-state index contributed by atoms with van der Waals surface area (Å²) in [6.45, 7) is 3.11. The fourth-order valence-corrected chi connectivity index (χ4v) is 4.99. The number of aromatic nitrogens is 2. The fraction of sp³-hybridized carbons (Fsp3) is 0.261. The number of para-hydroxylation sites is 1. The lowest BCUT2D eigenvalue weighted by atomic mass is 10.1. The Morgan fingerprint density at radius 3 is 2.36 bits per heavy atom. The molecule has 186 valence electrons. The van der Waals surface area contributed by atoms with Crippen molar-refractivity contribution in [2.24, 2.45) is 4.99 Å². The van der Waals surface area contributed by atoms with Crippen molar-refractivity contribution >= 4 is 43.7 Å². The van der Waals surface area contributed by atoms with Crippen LogP contribution in [0.4, 0.5) is 35.4 Å². The highest BCUT2D eigenvalue weighted by atomic mass is 32.1. The first-order valence-electron chi connectivity index (χ1n) is 10.9. The molecule has 13 heteroatoms. The van der Waals surface area contributed by atoms with Gasteiger partial charge in [0.2, 0.25) is 5.13 Å². The molecule has 2 aromatic carbocycles. The zero-order valence-corrected chi connectivity index (χ0v) is 19.7. The van der Waals surface area contributed by atoms with Gasteiger partial charge in [0.15, 0.2) is 5.69 Å². The highest BCUT2D eigenvalue weighted by Gasteiger charge is 2.38. The summed E-state index contributed by atoms with van der Waals surface area (Å²) in [5.41, 5.74) is 0.536. The zero-order valence-electron chi connectivity index (χ0n) is 18.9. The lowest BCUT2D eigenvalue weighted by molar-refractivity contribution is -0.384. The Morgan fingerprint density at radius 2 is 1.72 bits per heavy atom. The number of rotatable bonds is 4. The first kappa shape index (κ1) is 23.7. The third-order valence-electron chi connectivity index (χ3n) is 5.91. The number of benzene rings is 2. The van der Waals surface area contributed by atoms with Gasteiger partial charge in [-0.1, -0.05) is 28.6 Å². The Morgan fingerprint density at radius 1 is 1.06 bits per heavy atom. The molecule has 36 heavy (non-hydrogen) atoms. The second-order valence-corrected chi connectivity index (χ2v) is 9.14. The van der Waals surface area contributed by atoms with Gasteiger partial charge in [0.05, 0.1) is 15.1 Å². The monoisotopic (exact) mass is 516 g/mol.